The molecule has 0 saturated heterocycles. The largest absolute Gasteiger partial charge is 0.478 e. The summed E-state index contributed by atoms with van der Waals surface area (Å²) in [6.45, 7) is -1.38. The van der Waals surface area contributed by atoms with E-state index >= 15 is 0 Å². The molecule has 1 amide bonds. The van der Waals surface area contributed by atoms with Gasteiger partial charge >= 0.3 is 12.1 Å². The highest BCUT2D eigenvalue weighted by atomic mass is 19.4. The summed E-state index contributed by atoms with van der Waals surface area (Å²) >= 11 is 0. The molecule has 0 radical (unpaired) electrons. The molecule has 0 saturated carbocycles. The zero-order valence-electron chi connectivity index (χ0n) is 9.83. The number of carbonyl (C=O) groups is 2. The van der Waals surface area contributed by atoms with E-state index < -0.39 is 24.6 Å². The van der Waals surface area contributed by atoms with E-state index in [1.807, 2.05) is 0 Å². The Morgan fingerprint density at radius 1 is 1.21 bits per heavy atom. The first-order valence-corrected chi connectivity index (χ1v) is 5.44. The standard InChI is InChI=1S/C12H12F3NO3/c13-12(14,15)7-16-10(17)6-5-8-3-1-2-4-9(8)11(18)19/h1-4H,5-7H2,(H,16,17)(H,18,19). The molecule has 7 heteroatoms. The Morgan fingerprint density at radius 2 is 1.84 bits per heavy atom. The number of aryl methyl sites for hydroxylation is 1. The molecule has 0 unspecified atom stereocenters. The molecule has 0 aliphatic rings. The van der Waals surface area contributed by atoms with Gasteiger partial charge in [0.1, 0.15) is 6.54 Å². The van der Waals surface area contributed by atoms with Crippen molar-refractivity contribution >= 4 is 11.9 Å². The number of benzene rings is 1. The van der Waals surface area contributed by atoms with Gasteiger partial charge in [-0.1, -0.05) is 18.2 Å². The predicted molar refractivity (Wildman–Crippen MR) is 60.8 cm³/mol. The van der Waals surface area contributed by atoms with E-state index in [0.717, 1.165) is 0 Å². The van der Waals surface area contributed by atoms with Crippen molar-refractivity contribution in [3.05, 3.63) is 35.4 Å². The van der Waals surface area contributed by atoms with Gasteiger partial charge in [0, 0.05) is 6.42 Å². The van der Waals surface area contributed by atoms with Crippen LogP contribution in [0.2, 0.25) is 0 Å². The molecular formula is C12H12F3NO3. The van der Waals surface area contributed by atoms with Crippen LogP contribution in [-0.2, 0) is 11.2 Å². The molecule has 0 fully saturated rings. The van der Waals surface area contributed by atoms with Crippen LogP contribution in [0, 0.1) is 0 Å². The zero-order valence-corrected chi connectivity index (χ0v) is 9.83. The van der Waals surface area contributed by atoms with Crippen LogP contribution >= 0.6 is 0 Å². The van der Waals surface area contributed by atoms with Crippen LogP contribution in [0.25, 0.3) is 0 Å². The SMILES string of the molecule is O=C(CCc1ccccc1C(=O)O)NCC(F)(F)F. The summed E-state index contributed by atoms with van der Waals surface area (Å²) in [5.41, 5.74) is 0.461. The Bertz CT molecular complexity index is 472. The summed E-state index contributed by atoms with van der Waals surface area (Å²) in [6.07, 6.45) is -4.57. The Hall–Kier alpha value is -2.05. The lowest BCUT2D eigenvalue weighted by molar-refractivity contribution is -0.138. The number of halogens is 3. The number of carboxylic acids is 1. The van der Waals surface area contributed by atoms with Crippen LogP contribution in [0.4, 0.5) is 13.2 Å². The number of alkyl halides is 3. The van der Waals surface area contributed by atoms with E-state index in [0.29, 0.717) is 5.56 Å². The second-order valence-electron chi connectivity index (χ2n) is 3.85. The highest BCUT2D eigenvalue weighted by Crippen LogP contribution is 2.13. The van der Waals surface area contributed by atoms with Crippen LogP contribution in [0.1, 0.15) is 22.3 Å². The minimum Gasteiger partial charge on any atom is -0.478 e. The Kier molecular flexibility index (Phi) is 4.91. The van der Waals surface area contributed by atoms with Crippen molar-refractivity contribution in [1.29, 1.82) is 0 Å². The number of hydrogen-bond donors (Lipinski definition) is 2. The summed E-state index contributed by atoms with van der Waals surface area (Å²) in [4.78, 5) is 22.1. The quantitative estimate of drug-likeness (QED) is 0.863. The number of amides is 1. The molecule has 104 valence electrons. The van der Waals surface area contributed by atoms with E-state index in [9.17, 15) is 22.8 Å². The van der Waals surface area contributed by atoms with Crippen molar-refractivity contribution < 1.29 is 27.9 Å². The normalized spacial score (nSPS) is 11.1. The minimum atomic E-state index is -4.45. The Labute approximate surface area is 107 Å². The molecule has 4 nitrogen and oxygen atoms in total. The maximum Gasteiger partial charge on any atom is 0.405 e. The summed E-state index contributed by atoms with van der Waals surface area (Å²) in [5, 5.41) is 10.6. The molecule has 19 heavy (non-hydrogen) atoms. The average Bonchev–Trinajstić information content (AvgIpc) is 2.33. The third kappa shape index (κ3) is 5.41. The second kappa shape index (κ2) is 6.21. The minimum absolute atomic E-state index is 0.0473. The first kappa shape index (κ1) is 15.0. The first-order chi connectivity index (χ1) is 8.79. The molecule has 0 aliphatic carbocycles. The van der Waals surface area contributed by atoms with Gasteiger partial charge in [-0.3, -0.25) is 4.79 Å². The van der Waals surface area contributed by atoms with Crippen molar-refractivity contribution in [2.24, 2.45) is 0 Å². The molecule has 0 heterocycles. The lowest BCUT2D eigenvalue weighted by Crippen LogP contribution is -2.33. The van der Waals surface area contributed by atoms with Crippen molar-refractivity contribution in [3.63, 3.8) is 0 Å². The van der Waals surface area contributed by atoms with Crippen molar-refractivity contribution in [3.8, 4) is 0 Å². The molecule has 1 aromatic carbocycles. The lowest BCUT2D eigenvalue weighted by atomic mass is 10.0. The van der Waals surface area contributed by atoms with E-state index in [1.54, 1.807) is 11.4 Å². The average molecular weight is 275 g/mol. The highest BCUT2D eigenvalue weighted by molar-refractivity contribution is 5.89. The maximum atomic E-state index is 11.9. The van der Waals surface area contributed by atoms with Gasteiger partial charge in [0.25, 0.3) is 0 Å². The van der Waals surface area contributed by atoms with Gasteiger partial charge in [-0.05, 0) is 18.1 Å². The molecule has 0 aromatic heterocycles. The number of aromatic carboxylic acids is 1. The Balaban J connectivity index is 2.53. The van der Waals surface area contributed by atoms with Crippen LogP contribution in [0.5, 0.6) is 0 Å². The highest BCUT2D eigenvalue weighted by Gasteiger charge is 2.27. The van der Waals surface area contributed by atoms with Crippen LogP contribution in [0.3, 0.4) is 0 Å². The van der Waals surface area contributed by atoms with Gasteiger partial charge in [0.2, 0.25) is 5.91 Å². The maximum absolute atomic E-state index is 11.9. The molecule has 1 rings (SSSR count). The van der Waals surface area contributed by atoms with Crippen molar-refractivity contribution in [2.45, 2.75) is 19.0 Å². The number of carboxylic acid groups (broad SMARTS) is 1. The van der Waals surface area contributed by atoms with Gasteiger partial charge in [-0.25, -0.2) is 4.79 Å². The fraction of sp³-hybridized carbons (Fsp3) is 0.333. The third-order valence-electron chi connectivity index (χ3n) is 2.36. The van der Waals surface area contributed by atoms with Gasteiger partial charge in [0.05, 0.1) is 5.56 Å². The van der Waals surface area contributed by atoms with Crippen molar-refractivity contribution in [1.82, 2.24) is 5.32 Å². The summed E-state index contributed by atoms with van der Waals surface area (Å²) in [6, 6.07) is 6.05. The van der Waals surface area contributed by atoms with Gasteiger partial charge in [-0.2, -0.15) is 13.2 Å². The first-order valence-electron chi connectivity index (χ1n) is 5.44. The fourth-order valence-electron chi connectivity index (χ4n) is 1.48. The van der Waals surface area contributed by atoms with E-state index in [-0.39, 0.29) is 18.4 Å². The second-order valence-corrected chi connectivity index (χ2v) is 3.85. The molecule has 0 bridgehead atoms. The van der Waals surface area contributed by atoms with Gasteiger partial charge < -0.3 is 10.4 Å². The number of nitrogens with one attached hydrogen (secondary N) is 1. The monoisotopic (exact) mass is 275 g/mol. The molecule has 1 aromatic rings. The summed E-state index contributed by atoms with van der Waals surface area (Å²) in [5.74, 6) is -1.90. The summed E-state index contributed by atoms with van der Waals surface area (Å²) in [7, 11) is 0. The topological polar surface area (TPSA) is 66.4 Å². The van der Waals surface area contributed by atoms with Crippen LogP contribution in [-0.4, -0.2) is 29.7 Å². The van der Waals surface area contributed by atoms with Gasteiger partial charge in [0.15, 0.2) is 0 Å². The molecule has 2 N–H and O–H groups in total. The van der Waals surface area contributed by atoms with Gasteiger partial charge in [-0.15, -0.1) is 0 Å². The Morgan fingerprint density at radius 3 is 2.42 bits per heavy atom. The molecule has 0 spiro atoms. The van der Waals surface area contributed by atoms with E-state index in [1.165, 1.54) is 18.2 Å². The predicted octanol–water partition coefficient (Wildman–Crippen LogP) is 2.00. The molecule has 0 atom stereocenters. The van der Waals surface area contributed by atoms with Crippen molar-refractivity contribution in [2.75, 3.05) is 6.54 Å². The molecule has 0 aliphatic heterocycles. The van der Waals surface area contributed by atoms with Crippen LogP contribution in [0.15, 0.2) is 24.3 Å². The zero-order chi connectivity index (χ0) is 14.5. The third-order valence-corrected chi connectivity index (χ3v) is 2.36. The molecular weight excluding hydrogens is 263 g/mol. The smallest absolute Gasteiger partial charge is 0.405 e. The lowest BCUT2D eigenvalue weighted by Gasteiger charge is -2.09. The summed E-state index contributed by atoms with van der Waals surface area (Å²) < 4.78 is 35.6. The number of rotatable bonds is 5. The van der Waals surface area contributed by atoms with Crippen LogP contribution < -0.4 is 5.32 Å². The van der Waals surface area contributed by atoms with E-state index in [2.05, 4.69) is 0 Å². The van der Waals surface area contributed by atoms with E-state index in [4.69, 9.17) is 5.11 Å². The number of carbonyl (C=O) groups excluding carboxylic acids is 1. The number of hydrogen-bond acceptors (Lipinski definition) is 2. The fourth-order valence-corrected chi connectivity index (χ4v) is 1.48.